The van der Waals surface area contributed by atoms with Gasteiger partial charge in [0.1, 0.15) is 18.2 Å². The van der Waals surface area contributed by atoms with Crippen LogP contribution >= 0.6 is 0 Å². The molecule has 0 aliphatic carbocycles. The molecule has 1 N–H and O–H groups in total. The van der Waals surface area contributed by atoms with E-state index in [-0.39, 0.29) is 22.9 Å². The lowest BCUT2D eigenvalue weighted by Crippen LogP contribution is -2.28. The predicted octanol–water partition coefficient (Wildman–Crippen LogP) is 4.24. The Hall–Kier alpha value is -2.60. The maximum atomic E-state index is 14.2. The van der Waals surface area contributed by atoms with E-state index < -0.39 is 11.9 Å². The summed E-state index contributed by atoms with van der Waals surface area (Å²) < 4.78 is 24.3. The molecule has 128 valence electrons. The van der Waals surface area contributed by atoms with Crippen LogP contribution in [-0.2, 0) is 17.8 Å². The smallest absolute Gasteiger partial charge is 0.438 e. The molecule has 5 nitrogen and oxygen atoms in total. The van der Waals surface area contributed by atoms with E-state index >= 15 is 0 Å². The molecule has 24 heavy (non-hydrogen) atoms. The van der Waals surface area contributed by atoms with E-state index in [0.29, 0.717) is 5.75 Å². The van der Waals surface area contributed by atoms with Crippen LogP contribution in [0.1, 0.15) is 23.6 Å². The fraction of sp³-hybridized carbons (Fsp3) is 0.278. The summed E-state index contributed by atoms with van der Waals surface area (Å²) in [6, 6.07) is 9.78. The number of nitrogens with zero attached hydrogens (tertiary/aromatic N) is 1. The van der Waals surface area contributed by atoms with E-state index in [1.807, 2.05) is 32.0 Å². The second-order valence-electron chi connectivity index (χ2n) is 5.27. The van der Waals surface area contributed by atoms with Crippen LogP contribution in [-0.4, -0.2) is 18.4 Å². The minimum absolute atomic E-state index is 0.0213. The predicted molar refractivity (Wildman–Crippen MR) is 88.0 cm³/mol. The Bertz CT molecular complexity index is 733. The Morgan fingerprint density at radius 2 is 2.04 bits per heavy atom. The summed E-state index contributed by atoms with van der Waals surface area (Å²) >= 11 is 0. The fourth-order valence-corrected chi connectivity index (χ4v) is 2.35. The molecule has 0 bridgehead atoms. The normalized spacial score (nSPS) is 10.4. The molecule has 2 aromatic carbocycles. The summed E-state index contributed by atoms with van der Waals surface area (Å²) in [4.78, 5) is 11.5. The standard InChI is InChI=1S/C18H20FNO4/c1-4-13-10-12(2)8-9-17(13)24-11-14-15(19)6-5-7-16(14)20(22)18(21)23-3/h5-10,22H,4,11H2,1-3H3. The highest BCUT2D eigenvalue weighted by Crippen LogP contribution is 2.27. The van der Waals surface area contributed by atoms with E-state index in [2.05, 4.69) is 4.74 Å². The third-order valence-electron chi connectivity index (χ3n) is 3.64. The Labute approximate surface area is 140 Å². The molecule has 6 heteroatoms. The second kappa shape index (κ2) is 7.79. The van der Waals surface area contributed by atoms with Crippen molar-refractivity contribution in [2.45, 2.75) is 26.9 Å². The number of rotatable bonds is 5. The molecule has 2 rings (SSSR count). The summed E-state index contributed by atoms with van der Waals surface area (Å²) in [7, 11) is 1.13. The first-order valence-electron chi connectivity index (χ1n) is 7.54. The van der Waals surface area contributed by atoms with E-state index in [4.69, 9.17) is 4.74 Å². The molecule has 1 amide bonds. The number of aryl methyl sites for hydroxylation is 2. The molecule has 0 aromatic heterocycles. The van der Waals surface area contributed by atoms with Gasteiger partial charge in [-0.3, -0.25) is 5.21 Å². The first kappa shape index (κ1) is 17.7. The molecule has 0 saturated heterocycles. The molecule has 0 saturated carbocycles. The summed E-state index contributed by atoms with van der Waals surface area (Å²) in [5, 5.41) is 10.1. The molecular weight excluding hydrogens is 313 g/mol. The van der Waals surface area contributed by atoms with Gasteiger partial charge in [-0.25, -0.2) is 9.18 Å². The molecule has 0 aliphatic heterocycles. The lowest BCUT2D eigenvalue weighted by Gasteiger charge is -2.18. The first-order valence-corrected chi connectivity index (χ1v) is 7.54. The van der Waals surface area contributed by atoms with Crippen molar-refractivity contribution in [2.75, 3.05) is 12.2 Å². The van der Waals surface area contributed by atoms with E-state index in [1.54, 1.807) is 0 Å². The minimum Gasteiger partial charge on any atom is -0.488 e. The molecule has 2 aromatic rings. The third-order valence-corrected chi connectivity index (χ3v) is 3.64. The van der Waals surface area contributed by atoms with Gasteiger partial charge >= 0.3 is 6.09 Å². The van der Waals surface area contributed by atoms with Gasteiger partial charge in [-0.15, -0.1) is 0 Å². The van der Waals surface area contributed by atoms with E-state index in [9.17, 15) is 14.4 Å². The summed E-state index contributed by atoms with van der Waals surface area (Å²) in [5.41, 5.74) is 2.15. The van der Waals surface area contributed by atoms with Gasteiger partial charge < -0.3 is 9.47 Å². The van der Waals surface area contributed by atoms with Crippen molar-refractivity contribution in [1.82, 2.24) is 0 Å². The average molecular weight is 333 g/mol. The zero-order valence-electron chi connectivity index (χ0n) is 13.9. The van der Waals surface area contributed by atoms with Crippen molar-refractivity contribution in [1.29, 1.82) is 0 Å². The maximum Gasteiger partial charge on any atom is 0.438 e. The minimum atomic E-state index is -1.01. The second-order valence-corrected chi connectivity index (χ2v) is 5.27. The van der Waals surface area contributed by atoms with Crippen molar-refractivity contribution < 1.29 is 23.9 Å². The zero-order valence-corrected chi connectivity index (χ0v) is 13.9. The number of benzene rings is 2. The van der Waals surface area contributed by atoms with Crippen LogP contribution < -0.4 is 9.80 Å². The molecule has 0 aliphatic rings. The number of carbonyl (C=O) groups is 1. The highest BCUT2D eigenvalue weighted by Gasteiger charge is 2.20. The largest absolute Gasteiger partial charge is 0.488 e. The molecule has 0 unspecified atom stereocenters. The fourth-order valence-electron chi connectivity index (χ4n) is 2.35. The topological polar surface area (TPSA) is 59.0 Å². The highest BCUT2D eigenvalue weighted by molar-refractivity contribution is 5.85. The number of anilines is 1. The number of ether oxygens (including phenoxy) is 2. The van der Waals surface area contributed by atoms with Gasteiger partial charge in [0, 0.05) is 0 Å². The van der Waals surface area contributed by atoms with Crippen molar-refractivity contribution in [2.24, 2.45) is 0 Å². The third kappa shape index (κ3) is 3.83. The van der Waals surface area contributed by atoms with Gasteiger partial charge in [-0.1, -0.05) is 30.7 Å². The van der Waals surface area contributed by atoms with Crippen molar-refractivity contribution >= 4 is 11.8 Å². The van der Waals surface area contributed by atoms with Crippen LogP contribution in [0.3, 0.4) is 0 Å². The Morgan fingerprint density at radius 1 is 1.29 bits per heavy atom. The molecule has 0 radical (unpaired) electrons. The quantitative estimate of drug-likeness (QED) is 0.657. The van der Waals surface area contributed by atoms with Crippen LogP contribution in [0.25, 0.3) is 0 Å². The molecule has 0 spiro atoms. The number of hydrogen-bond acceptors (Lipinski definition) is 4. The van der Waals surface area contributed by atoms with E-state index in [1.165, 1.54) is 18.2 Å². The van der Waals surface area contributed by atoms with Crippen LogP contribution in [0.15, 0.2) is 36.4 Å². The van der Waals surface area contributed by atoms with Gasteiger partial charge in [-0.05, 0) is 37.1 Å². The number of methoxy groups -OCH3 is 1. The van der Waals surface area contributed by atoms with Crippen LogP contribution in [0.5, 0.6) is 5.75 Å². The molecule has 0 heterocycles. The molecular formula is C18H20FNO4. The summed E-state index contributed by atoms with van der Waals surface area (Å²) in [6.07, 6.45) is -0.235. The summed E-state index contributed by atoms with van der Waals surface area (Å²) in [6.45, 7) is 3.85. The highest BCUT2D eigenvalue weighted by atomic mass is 19.1. The van der Waals surface area contributed by atoms with Gasteiger partial charge in [0.15, 0.2) is 0 Å². The van der Waals surface area contributed by atoms with Crippen molar-refractivity contribution in [3.63, 3.8) is 0 Å². The monoisotopic (exact) mass is 333 g/mol. The Kier molecular flexibility index (Phi) is 5.76. The van der Waals surface area contributed by atoms with Crippen molar-refractivity contribution in [3.8, 4) is 5.75 Å². The zero-order chi connectivity index (χ0) is 17.7. The van der Waals surface area contributed by atoms with Gasteiger partial charge in [0.25, 0.3) is 0 Å². The number of amides is 1. The molecule has 0 atom stereocenters. The van der Waals surface area contributed by atoms with Gasteiger partial charge in [0.05, 0.1) is 18.4 Å². The van der Waals surface area contributed by atoms with Crippen LogP contribution in [0.4, 0.5) is 14.9 Å². The number of halogens is 1. The first-order chi connectivity index (χ1) is 11.5. The average Bonchev–Trinajstić information content (AvgIpc) is 2.59. The molecule has 0 fully saturated rings. The Morgan fingerprint density at radius 3 is 2.71 bits per heavy atom. The van der Waals surface area contributed by atoms with Crippen LogP contribution in [0.2, 0.25) is 0 Å². The number of hydrogen-bond donors (Lipinski definition) is 1. The maximum absolute atomic E-state index is 14.2. The SMILES string of the molecule is CCc1cc(C)ccc1OCc1c(F)cccc1N(O)C(=O)OC. The van der Waals surface area contributed by atoms with E-state index in [0.717, 1.165) is 24.7 Å². The van der Waals surface area contributed by atoms with Crippen molar-refractivity contribution in [3.05, 3.63) is 58.9 Å². The lowest BCUT2D eigenvalue weighted by atomic mass is 10.1. The van der Waals surface area contributed by atoms with Gasteiger partial charge in [-0.2, -0.15) is 5.06 Å². The number of carbonyl (C=O) groups excluding carboxylic acids is 1. The van der Waals surface area contributed by atoms with Gasteiger partial charge in [0.2, 0.25) is 0 Å². The van der Waals surface area contributed by atoms with Crippen LogP contribution in [0, 0.1) is 12.7 Å². The lowest BCUT2D eigenvalue weighted by molar-refractivity contribution is 0.140. The number of hydroxylamine groups is 1. The Balaban J connectivity index is 2.29. The summed E-state index contributed by atoms with van der Waals surface area (Å²) in [5.74, 6) is 0.0560.